The minimum Gasteiger partial charge on any atom is -0.387 e. The minimum atomic E-state index is -0.596. The molecule has 1 saturated heterocycles. The summed E-state index contributed by atoms with van der Waals surface area (Å²) in [4.78, 5) is 11.6. The van der Waals surface area contributed by atoms with E-state index in [1.807, 2.05) is 16.8 Å². The molecule has 2 heterocycles. The van der Waals surface area contributed by atoms with E-state index in [0.717, 1.165) is 24.9 Å². The van der Waals surface area contributed by atoms with Crippen LogP contribution in [0.4, 0.5) is 0 Å². The highest BCUT2D eigenvalue weighted by atomic mass is 32.1. The first-order valence-corrected chi connectivity index (χ1v) is 6.90. The second kappa shape index (κ2) is 6.14. The van der Waals surface area contributed by atoms with Gasteiger partial charge in [0.25, 0.3) is 0 Å². The van der Waals surface area contributed by atoms with Gasteiger partial charge < -0.3 is 15.7 Å². The maximum atomic E-state index is 11.6. The molecule has 4 nitrogen and oxygen atoms in total. The van der Waals surface area contributed by atoms with Gasteiger partial charge in [-0.05, 0) is 41.8 Å². The third-order valence-electron chi connectivity index (χ3n) is 3.01. The van der Waals surface area contributed by atoms with Gasteiger partial charge >= 0.3 is 0 Å². The van der Waals surface area contributed by atoms with Crippen molar-refractivity contribution in [1.82, 2.24) is 10.6 Å². The van der Waals surface area contributed by atoms with Crippen LogP contribution in [-0.4, -0.2) is 30.1 Å². The summed E-state index contributed by atoms with van der Waals surface area (Å²) < 4.78 is 0. The van der Waals surface area contributed by atoms with Gasteiger partial charge in [-0.3, -0.25) is 4.79 Å². The molecule has 1 amide bonds. The second-order valence-electron chi connectivity index (χ2n) is 4.37. The van der Waals surface area contributed by atoms with Crippen LogP contribution in [0.1, 0.15) is 30.9 Å². The Balaban J connectivity index is 1.68. The van der Waals surface area contributed by atoms with E-state index >= 15 is 0 Å². The number of hydrogen-bond acceptors (Lipinski definition) is 4. The number of amides is 1. The van der Waals surface area contributed by atoms with E-state index in [9.17, 15) is 9.90 Å². The highest BCUT2D eigenvalue weighted by Gasteiger charge is 2.18. The van der Waals surface area contributed by atoms with Crippen molar-refractivity contribution in [2.24, 2.45) is 0 Å². The molecule has 2 rings (SSSR count). The van der Waals surface area contributed by atoms with E-state index in [2.05, 4.69) is 10.6 Å². The summed E-state index contributed by atoms with van der Waals surface area (Å²) in [6.45, 7) is 1.30. The maximum Gasteiger partial charge on any atom is 0.221 e. The number of nitrogens with one attached hydrogen (secondary N) is 2. The molecule has 3 N–H and O–H groups in total. The van der Waals surface area contributed by atoms with Gasteiger partial charge in [-0.2, -0.15) is 11.3 Å². The Morgan fingerprint density at radius 3 is 3.24 bits per heavy atom. The molecular formula is C12H18N2O2S. The highest BCUT2D eigenvalue weighted by molar-refractivity contribution is 7.07. The van der Waals surface area contributed by atoms with Gasteiger partial charge in [-0.25, -0.2) is 0 Å². The number of thiophene rings is 1. The minimum absolute atomic E-state index is 0.0127. The monoisotopic (exact) mass is 254 g/mol. The molecule has 0 aliphatic carbocycles. The fourth-order valence-electron chi connectivity index (χ4n) is 2.02. The van der Waals surface area contributed by atoms with E-state index in [1.54, 1.807) is 11.3 Å². The number of aliphatic hydroxyl groups excluding tert-OH is 1. The predicted molar refractivity (Wildman–Crippen MR) is 67.9 cm³/mol. The van der Waals surface area contributed by atoms with Crippen LogP contribution >= 0.6 is 11.3 Å². The molecule has 0 radical (unpaired) electrons. The first-order valence-electron chi connectivity index (χ1n) is 5.96. The lowest BCUT2D eigenvalue weighted by Crippen LogP contribution is -2.34. The van der Waals surface area contributed by atoms with Crippen molar-refractivity contribution in [3.05, 3.63) is 22.4 Å². The first-order chi connectivity index (χ1) is 8.25. The average Bonchev–Trinajstić information content (AvgIpc) is 2.97. The molecule has 1 aliphatic rings. The summed E-state index contributed by atoms with van der Waals surface area (Å²) in [6.07, 6.45) is 2.13. The molecule has 17 heavy (non-hydrogen) atoms. The molecule has 1 aromatic rings. The molecule has 0 bridgehead atoms. The van der Waals surface area contributed by atoms with Crippen LogP contribution in [0.2, 0.25) is 0 Å². The molecule has 2 atom stereocenters. The Bertz CT molecular complexity index is 347. The standard InChI is InChI=1S/C12H18N2O2S/c15-11(9-3-5-17-8-9)7-14-12(16)6-10-2-1-4-13-10/h3,5,8,10-11,13,15H,1-2,4,6-7H2,(H,14,16). The molecule has 2 unspecified atom stereocenters. The van der Waals surface area contributed by atoms with E-state index < -0.39 is 6.10 Å². The van der Waals surface area contributed by atoms with E-state index in [-0.39, 0.29) is 5.91 Å². The van der Waals surface area contributed by atoms with Crippen LogP contribution in [0.5, 0.6) is 0 Å². The van der Waals surface area contributed by atoms with Crippen molar-refractivity contribution in [2.75, 3.05) is 13.1 Å². The van der Waals surface area contributed by atoms with E-state index in [1.165, 1.54) is 0 Å². The molecule has 1 aromatic heterocycles. The van der Waals surface area contributed by atoms with Gasteiger partial charge in [0.05, 0.1) is 6.10 Å². The maximum absolute atomic E-state index is 11.6. The zero-order valence-corrected chi connectivity index (χ0v) is 10.5. The quantitative estimate of drug-likeness (QED) is 0.736. The summed E-state index contributed by atoms with van der Waals surface area (Å²) in [7, 11) is 0. The van der Waals surface area contributed by atoms with Crippen LogP contribution < -0.4 is 10.6 Å². The molecule has 0 aromatic carbocycles. The fraction of sp³-hybridized carbons (Fsp3) is 0.583. The fourth-order valence-corrected chi connectivity index (χ4v) is 2.73. The number of rotatable bonds is 5. The molecule has 0 saturated carbocycles. The van der Waals surface area contributed by atoms with Gasteiger partial charge in [-0.15, -0.1) is 0 Å². The van der Waals surface area contributed by atoms with Crippen molar-refractivity contribution < 1.29 is 9.90 Å². The molecule has 94 valence electrons. The number of carbonyl (C=O) groups is 1. The Labute approximate surface area is 105 Å². The summed E-state index contributed by atoms with van der Waals surface area (Å²) in [5.41, 5.74) is 0.870. The molecule has 0 spiro atoms. The summed E-state index contributed by atoms with van der Waals surface area (Å²) in [5, 5.41) is 19.7. The Morgan fingerprint density at radius 1 is 1.71 bits per heavy atom. The largest absolute Gasteiger partial charge is 0.387 e. The number of carbonyl (C=O) groups excluding carboxylic acids is 1. The van der Waals surface area contributed by atoms with Crippen molar-refractivity contribution in [3.63, 3.8) is 0 Å². The van der Waals surface area contributed by atoms with Gasteiger partial charge in [0.2, 0.25) is 5.91 Å². The first kappa shape index (κ1) is 12.5. The zero-order chi connectivity index (χ0) is 12.1. The van der Waals surface area contributed by atoms with Crippen LogP contribution in [0, 0.1) is 0 Å². The Hall–Kier alpha value is -0.910. The zero-order valence-electron chi connectivity index (χ0n) is 9.69. The molecular weight excluding hydrogens is 236 g/mol. The number of aliphatic hydroxyl groups is 1. The Kier molecular flexibility index (Phi) is 4.53. The SMILES string of the molecule is O=C(CC1CCCN1)NCC(O)c1ccsc1. The van der Waals surface area contributed by atoms with Gasteiger partial charge in [0.15, 0.2) is 0 Å². The molecule has 1 aliphatic heterocycles. The van der Waals surface area contributed by atoms with Crippen LogP contribution in [0.15, 0.2) is 16.8 Å². The highest BCUT2D eigenvalue weighted by Crippen LogP contribution is 2.15. The summed E-state index contributed by atoms with van der Waals surface area (Å²) in [5.74, 6) is 0.0127. The average molecular weight is 254 g/mol. The van der Waals surface area contributed by atoms with Gasteiger partial charge in [0, 0.05) is 19.0 Å². The summed E-state index contributed by atoms with van der Waals surface area (Å²) in [6, 6.07) is 2.19. The van der Waals surface area contributed by atoms with E-state index in [0.29, 0.717) is 19.0 Å². The van der Waals surface area contributed by atoms with Crippen molar-refractivity contribution >= 4 is 17.2 Å². The van der Waals surface area contributed by atoms with Crippen molar-refractivity contribution in [3.8, 4) is 0 Å². The Morgan fingerprint density at radius 2 is 2.59 bits per heavy atom. The van der Waals surface area contributed by atoms with Crippen LogP contribution in [0.25, 0.3) is 0 Å². The number of hydrogen-bond donors (Lipinski definition) is 3. The van der Waals surface area contributed by atoms with Gasteiger partial charge in [-0.1, -0.05) is 0 Å². The lowest BCUT2D eigenvalue weighted by atomic mass is 10.1. The third-order valence-corrected chi connectivity index (χ3v) is 3.72. The summed E-state index contributed by atoms with van der Waals surface area (Å²) >= 11 is 1.55. The molecule has 5 heteroatoms. The smallest absolute Gasteiger partial charge is 0.221 e. The third kappa shape index (κ3) is 3.80. The lowest BCUT2D eigenvalue weighted by Gasteiger charge is -2.13. The predicted octanol–water partition coefficient (Wildman–Crippen LogP) is 1.04. The molecule has 1 fully saturated rings. The van der Waals surface area contributed by atoms with Gasteiger partial charge in [0.1, 0.15) is 0 Å². The topological polar surface area (TPSA) is 61.4 Å². The van der Waals surface area contributed by atoms with E-state index in [4.69, 9.17) is 0 Å². The second-order valence-corrected chi connectivity index (χ2v) is 5.15. The lowest BCUT2D eigenvalue weighted by molar-refractivity contribution is -0.122. The van der Waals surface area contributed by atoms with Crippen LogP contribution in [-0.2, 0) is 4.79 Å². The van der Waals surface area contributed by atoms with Crippen molar-refractivity contribution in [2.45, 2.75) is 31.4 Å². The van der Waals surface area contributed by atoms with Crippen molar-refractivity contribution in [1.29, 1.82) is 0 Å². The van der Waals surface area contributed by atoms with Crippen LogP contribution in [0.3, 0.4) is 0 Å². The normalized spacial score (nSPS) is 21.4.